The lowest BCUT2D eigenvalue weighted by Gasteiger charge is -2.37. The van der Waals surface area contributed by atoms with Crippen LogP contribution in [0.1, 0.15) is 10.6 Å². The SMILES string of the molecule is O=C(c1ccco1)N1CC(CF)C1. The van der Waals surface area contributed by atoms with E-state index in [-0.39, 0.29) is 18.5 Å². The predicted molar refractivity (Wildman–Crippen MR) is 44.1 cm³/mol. The highest BCUT2D eigenvalue weighted by Crippen LogP contribution is 2.18. The summed E-state index contributed by atoms with van der Waals surface area (Å²) in [5, 5.41) is 0. The number of halogens is 1. The van der Waals surface area contributed by atoms with E-state index in [9.17, 15) is 9.18 Å². The molecular formula is C9H10FNO2. The van der Waals surface area contributed by atoms with Crippen LogP contribution in [0.5, 0.6) is 0 Å². The molecule has 13 heavy (non-hydrogen) atoms. The molecule has 1 fully saturated rings. The fourth-order valence-corrected chi connectivity index (χ4v) is 1.39. The van der Waals surface area contributed by atoms with E-state index >= 15 is 0 Å². The van der Waals surface area contributed by atoms with Crippen LogP contribution in [-0.4, -0.2) is 30.6 Å². The van der Waals surface area contributed by atoms with Crippen LogP contribution in [0.2, 0.25) is 0 Å². The number of furan rings is 1. The minimum Gasteiger partial charge on any atom is -0.459 e. The Kier molecular flexibility index (Phi) is 2.04. The van der Waals surface area contributed by atoms with Crippen LogP contribution < -0.4 is 0 Å². The van der Waals surface area contributed by atoms with Crippen LogP contribution in [0.25, 0.3) is 0 Å². The van der Waals surface area contributed by atoms with Gasteiger partial charge in [0.25, 0.3) is 5.91 Å². The molecule has 1 aromatic rings. The highest BCUT2D eigenvalue weighted by Gasteiger charge is 2.31. The second-order valence-corrected chi connectivity index (χ2v) is 3.21. The van der Waals surface area contributed by atoms with Crippen LogP contribution in [0.3, 0.4) is 0 Å². The van der Waals surface area contributed by atoms with Gasteiger partial charge in [-0.3, -0.25) is 9.18 Å². The largest absolute Gasteiger partial charge is 0.459 e. The average molecular weight is 183 g/mol. The molecule has 1 amide bonds. The molecule has 0 radical (unpaired) electrons. The number of amides is 1. The van der Waals surface area contributed by atoms with Gasteiger partial charge in [-0.05, 0) is 12.1 Å². The van der Waals surface area contributed by atoms with Crippen molar-refractivity contribution in [2.45, 2.75) is 0 Å². The van der Waals surface area contributed by atoms with Crippen molar-refractivity contribution in [3.8, 4) is 0 Å². The van der Waals surface area contributed by atoms with E-state index < -0.39 is 0 Å². The molecule has 0 unspecified atom stereocenters. The fraction of sp³-hybridized carbons (Fsp3) is 0.444. The molecule has 0 atom stereocenters. The van der Waals surface area contributed by atoms with E-state index in [2.05, 4.69) is 0 Å². The van der Waals surface area contributed by atoms with Crippen LogP contribution in [-0.2, 0) is 0 Å². The normalized spacial score (nSPS) is 17.2. The van der Waals surface area contributed by atoms with E-state index in [0.717, 1.165) is 0 Å². The molecule has 2 rings (SSSR count). The van der Waals surface area contributed by atoms with Gasteiger partial charge in [-0.25, -0.2) is 0 Å². The van der Waals surface area contributed by atoms with Gasteiger partial charge in [0.15, 0.2) is 5.76 Å². The maximum Gasteiger partial charge on any atom is 0.289 e. The van der Waals surface area contributed by atoms with E-state index in [1.807, 2.05) is 0 Å². The van der Waals surface area contributed by atoms with Crippen molar-refractivity contribution < 1.29 is 13.6 Å². The van der Waals surface area contributed by atoms with Crippen molar-refractivity contribution >= 4 is 5.91 Å². The fourth-order valence-electron chi connectivity index (χ4n) is 1.39. The Hall–Kier alpha value is -1.32. The summed E-state index contributed by atoms with van der Waals surface area (Å²) in [7, 11) is 0. The number of likely N-dealkylation sites (tertiary alicyclic amines) is 1. The van der Waals surface area contributed by atoms with Crippen LogP contribution in [0, 0.1) is 5.92 Å². The van der Waals surface area contributed by atoms with Crippen LogP contribution in [0.4, 0.5) is 4.39 Å². The molecule has 1 aliphatic rings. The first kappa shape index (κ1) is 8.29. The van der Waals surface area contributed by atoms with Crippen molar-refractivity contribution in [1.29, 1.82) is 0 Å². The number of rotatable bonds is 2. The lowest BCUT2D eigenvalue weighted by molar-refractivity contribution is 0.0422. The molecule has 2 heterocycles. The maximum atomic E-state index is 12.1. The molecule has 0 aliphatic carbocycles. The second-order valence-electron chi connectivity index (χ2n) is 3.21. The van der Waals surface area contributed by atoms with Gasteiger partial charge in [-0.2, -0.15) is 0 Å². The third-order valence-electron chi connectivity index (χ3n) is 2.19. The molecule has 0 bridgehead atoms. The Morgan fingerprint density at radius 1 is 1.69 bits per heavy atom. The number of alkyl halides is 1. The monoisotopic (exact) mass is 183 g/mol. The lowest BCUT2D eigenvalue weighted by Crippen LogP contribution is -2.50. The summed E-state index contributed by atoms with van der Waals surface area (Å²) in [6.07, 6.45) is 1.46. The van der Waals surface area contributed by atoms with Crippen LogP contribution in [0.15, 0.2) is 22.8 Å². The van der Waals surface area contributed by atoms with Crippen LogP contribution >= 0.6 is 0 Å². The van der Waals surface area contributed by atoms with E-state index in [1.165, 1.54) is 6.26 Å². The Morgan fingerprint density at radius 3 is 3.00 bits per heavy atom. The van der Waals surface area contributed by atoms with Crippen molar-refractivity contribution in [3.05, 3.63) is 24.2 Å². The van der Waals surface area contributed by atoms with Crippen molar-refractivity contribution in [2.24, 2.45) is 5.92 Å². The number of carbonyl (C=O) groups is 1. The Balaban J connectivity index is 1.94. The van der Waals surface area contributed by atoms with Gasteiger partial charge < -0.3 is 9.32 Å². The average Bonchev–Trinajstić information content (AvgIpc) is 2.53. The topological polar surface area (TPSA) is 33.5 Å². The van der Waals surface area contributed by atoms with E-state index in [0.29, 0.717) is 18.8 Å². The van der Waals surface area contributed by atoms with Gasteiger partial charge in [-0.1, -0.05) is 0 Å². The first-order valence-corrected chi connectivity index (χ1v) is 4.20. The number of nitrogens with zero attached hydrogens (tertiary/aromatic N) is 1. The molecule has 1 aromatic heterocycles. The molecule has 0 aromatic carbocycles. The first-order chi connectivity index (χ1) is 6.31. The van der Waals surface area contributed by atoms with Gasteiger partial charge in [0.1, 0.15) is 0 Å². The zero-order valence-corrected chi connectivity index (χ0v) is 7.07. The highest BCUT2D eigenvalue weighted by atomic mass is 19.1. The van der Waals surface area contributed by atoms with Gasteiger partial charge in [-0.15, -0.1) is 0 Å². The molecule has 0 N–H and O–H groups in total. The summed E-state index contributed by atoms with van der Waals surface area (Å²) >= 11 is 0. The summed E-state index contributed by atoms with van der Waals surface area (Å²) in [6.45, 7) is 0.675. The van der Waals surface area contributed by atoms with Gasteiger partial charge >= 0.3 is 0 Å². The molecule has 1 saturated heterocycles. The zero-order chi connectivity index (χ0) is 9.26. The molecule has 4 heteroatoms. The molecule has 0 spiro atoms. The first-order valence-electron chi connectivity index (χ1n) is 4.20. The van der Waals surface area contributed by atoms with Crippen molar-refractivity contribution in [3.63, 3.8) is 0 Å². The van der Waals surface area contributed by atoms with Gasteiger partial charge in [0, 0.05) is 19.0 Å². The third kappa shape index (κ3) is 1.43. The van der Waals surface area contributed by atoms with Gasteiger partial charge in [0.2, 0.25) is 0 Å². The molecule has 70 valence electrons. The Morgan fingerprint density at radius 2 is 2.46 bits per heavy atom. The second kappa shape index (κ2) is 3.20. The molecule has 3 nitrogen and oxygen atoms in total. The quantitative estimate of drug-likeness (QED) is 0.692. The maximum absolute atomic E-state index is 12.1. The number of hydrogen-bond acceptors (Lipinski definition) is 2. The summed E-state index contributed by atoms with van der Waals surface area (Å²) in [5.74, 6) is 0.214. The molecule has 0 saturated carbocycles. The Labute approximate surface area is 75.1 Å². The Bertz CT molecular complexity index is 291. The van der Waals surface area contributed by atoms with E-state index in [1.54, 1.807) is 17.0 Å². The third-order valence-corrected chi connectivity index (χ3v) is 2.19. The summed E-state index contributed by atoms with van der Waals surface area (Å²) in [4.78, 5) is 13.0. The number of carbonyl (C=O) groups excluding carboxylic acids is 1. The standard InChI is InChI=1S/C9H10FNO2/c10-4-7-5-11(6-7)9(12)8-2-1-3-13-8/h1-3,7H,4-6H2. The number of hydrogen-bond donors (Lipinski definition) is 0. The van der Waals surface area contributed by atoms with E-state index in [4.69, 9.17) is 4.42 Å². The zero-order valence-electron chi connectivity index (χ0n) is 7.07. The summed E-state index contributed by atoms with van der Waals surface area (Å²) in [6, 6.07) is 3.28. The predicted octanol–water partition coefficient (Wildman–Crippen LogP) is 1.32. The smallest absolute Gasteiger partial charge is 0.289 e. The van der Waals surface area contributed by atoms with Crippen molar-refractivity contribution in [1.82, 2.24) is 4.90 Å². The minimum absolute atomic E-state index is 0.0268. The summed E-state index contributed by atoms with van der Waals surface area (Å²) in [5.41, 5.74) is 0. The van der Waals surface area contributed by atoms with Gasteiger partial charge in [0.05, 0.1) is 12.9 Å². The lowest BCUT2D eigenvalue weighted by atomic mass is 10.0. The molecular weight excluding hydrogens is 173 g/mol. The summed E-state index contributed by atoms with van der Waals surface area (Å²) < 4.78 is 17.0. The minimum atomic E-state index is -0.345. The highest BCUT2D eigenvalue weighted by molar-refractivity contribution is 5.91. The molecule has 1 aliphatic heterocycles. The van der Waals surface area contributed by atoms with Crippen molar-refractivity contribution in [2.75, 3.05) is 19.8 Å².